The van der Waals surface area contributed by atoms with E-state index in [4.69, 9.17) is 9.47 Å². The van der Waals surface area contributed by atoms with Crippen molar-refractivity contribution in [1.29, 1.82) is 0 Å². The van der Waals surface area contributed by atoms with Crippen LogP contribution in [-0.2, 0) is 19.1 Å². The molecule has 0 radical (unpaired) electrons. The second kappa shape index (κ2) is 9.19. The third-order valence-corrected chi connectivity index (χ3v) is 2.01. The van der Waals surface area contributed by atoms with Crippen LogP contribution >= 0.6 is 0 Å². The van der Waals surface area contributed by atoms with Crippen molar-refractivity contribution in [3.05, 3.63) is 0 Å². The molecule has 4 heteroatoms. The van der Waals surface area contributed by atoms with Crippen molar-refractivity contribution < 1.29 is 19.1 Å². The molecule has 0 rings (SSSR count). The van der Waals surface area contributed by atoms with E-state index in [0.29, 0.717) is 19.1 Å². The minimum atomic E-state index is -0.498. The van der Waals surface area contributed by atoms with Crippen LogP contribution in [0.15, 0.2) is 0 Å². The molecule has 0 heterocycles. The number of hydrogen-bond donors (Lipinski definition) is 0. The summed E-state index contributed by atoms with van der Waals surface area (Å²) in [5.41, 5.74) is 0. The molecular weight excluding hydrogens is 208 g/mol. The van der Waals surface area contributed by atoms with Gasteiger partial charge in [-0.15, -0.1) is 0 Å². The zero-order valence-corrected chi connectivity index (χ0v) is 10.5. The van der Waals surface area contributed by atoms with Crippen LogP contribution in [-0.4, -0.2) is 25.2 Å². The number of rotatable bonds is 8. The Labute approximate surface area is 97.3 Å². The first-order valence-electron chi connectivity index (χ1n) is 5.87. The molecule has 0 N–H and O–H groups in total. The lowest BCUT2D eigenvalue weighted by Crippen LogP contribution is -2.15. The highest BCUT2D eigenvalue weighted by atomic mass is 16.6. The van der Waals surface area contributed by atoms with Gasteiger partial charge in [-0.1, -0.05) is 27.2 Å². The zero-order valence-electron chi connectivity index (χ0n) is 10.5. The highest BCUT2D eigenvalue weighted by Crippen LogP contribution is 2.00. The maximum Gasteiger partial charge on any atom is 0.317 e. The second-order valence-electron chi connectivity index (χ2n) is 4.15. The van der Waals surface area contributed by atoms with Gasteiger partial charge in [0.2, 0.25) is 0 Å². The Hall–Kier alpha value is -1.06. The molecule has 0 bridgehead atoms. The molecule has 0 aliphatic heterocycles. The summed E-state index contributed by atoms with van der Waals surface area (Å²) in [6.45, 7) is 6.86. The molecule has 0 aromatic rings. The van der Waals surface area contributed by atoms with Gasteiger partial charge in [-0.25, -0.2) is 0 Å². The summed E-state index contributed by atoms with van der Waals surface area (Å²) in [7, 11) is 0. The van der Waals surface area contributed by atoms with Crippen molar-refractivity contribution in [2.45, 2.75) is 46.5 Å². The normalized spacial score (nSPS) is 10.2. The first-order valence-corrected chi connectivity index (χ1v) is 5.87. The lowest BCUT2D eigenvalue weighted by Gasteiger charge is -2.06. The maximum absolute atomic E-state index is 11.1. The summed E-state index contributed by atoms with van der Waals surface area (Å²) in [4.78, 5) is 22.2. The molecule has 0 fully saturated rings. The summed E-state index contributed by atoms with van der Waals surface area (Å²) in [5.74, 6) is -0.505. The van der Waals surface area contributed by atoms with Gasteiger partial charge in [0.15, 0.2) is 0 Å². The van der Waals surface area contributed by atoms with Crippen molar-refractivity contribution >= 4 is 11.9 Å². The Morgan fingerprint density at radius 3 is 2.12 bits per heavy atom. The van der Waals surface area contributed by atoms with E-state index in [0.717, 1.165) is 19.3 Å². The largest absolute Gasteiger partial charge is 0.465 e. The van der Waals surface area contributed by atoms with E-state index in [2.05, 4.69) is 0 Å². The van der Waals surface area contributed by atoms with Gasteiger partial charge in [0.1, 0.15) is 6.42 Å². The average molecular weight is 230 g/mol. The molecule has 0 spiro atoms. The molecule has 0 atom stereocenters. The standard InChI is InChI=1S/C12H22O4/c1-4-5-7-15-11(13)9-12(14)16-8-6-10(2)3/h10H,4-9H2,1-3H3. The smallest absolute Gasteiger partial charge is 0.317 e. The van der Waals surface area contributed by atoms with Gasteiger partial charge in [-0.2, -0.15) is 0 Å². The predicted octanol–water partition coefficient (Wildman–Crippen LogP) is 2.31. The van der Waals surface area contributed by atoms with Gasteiger partial charge >= 0.3 is 11.9 Å². The number of carbonyl (C=O) groups excluding carboxylic acids is 2. The Balaban J connectivity index is 3.50. The Kier molecular flexibility index (Phi) is 8.58. The quantitative estimate of drug-likeness (QED) is 0.365. The Morgan fingerprint density at radius 1 is 1.06 bits per heavy atom. The van der Waals surface area contributed by atoms with E-state index in [1.807, 2.05) is 20.8 Å². The first-order chi connectivity index (χ1) is 7.56. The fourth-order valence-electron chi connectivity index (χ4n) is 0.959. The topological polar surface area (TPSA) is 52.6 Å². The monoisotopic (exact) mass is 230 g/mol. The molecule has 94 valence electrons. The fourth-order valence-corrected chi connectivity index (χ4v) is 0.959. The van der Waals surface area contributed by atoms with Crippen molar-refractivity contribution in [2.24, 2.45) is 5.92 Å². The number of hydrogen-bond acceptors (Lipinski definition) is 4. The SMILES string of the molecule is CCCCOC(=O)CC(=O)OCCC(C)C. The molecule has 0 saturated carbocycles. The molecule has 0 amide bonds. The second-order valence-corrected chi connectivity index (χ2v) is 4.15. The van der Waals surface area contributed by atoms with Gasteiger partial charge < -0.3 is 9.47 Å². The summed E-state index contributed by atoms with van der Waals surface area (Å²) in [5, 5.41) is 0. The highest BCUT2D eigenvalue weighted by molar-refractivity contribution is 5.91. The van der Waals surface area contributed by atoms with Crippen LogP contribution in [0.25, 0.3) is 0 Å². The van der Waals surface area contributed by atoms with E-state index in [-0.39, 0.29) is 6.42 Å². The van der Waals surface area contributed by atoms with Gasteiger partial charge in [-0.3, -0.25) is 9.59 Å². The van der Waals surface area contributed by atoms with Crippen molar-refractivity contribution in [3.8, 4) is 0 Å². The van der Waals surface area contributed by atoms with E-state index < -0.39 is 11.9 Å². The van der Waals surface area contributed by atoms with Crippen LogP contribution in [0, 0.1) is 5.92 Å². The van der Waals surface area contributed by atoms with E-state index in [9.17, 15) is 9.59 Å². The van der Waals surface area contributed by atoms with Gasteiger partial charge in [0.05, 0.1) is 13.2 Å². The first kappa shape index (κ1) is 14.9. The van der Waals surface area contributed by atoms with Gasteiger partial charge in [-0.05, 0) is 18.8 Å². The molecule has 0 aliphatic rings. The predicted molar refractivity (Wildman–Crippen MR) is 60.9 cm³/mol. The van der Waals surface area contributed by atoms with Crippen LogP contribution in [0.5, 0.6) is 0 Å². The minimum Gasteiger partial charge on any atom is -0.465 e. The van der Waals surface area contributed by atoms with E-state index in [1.165, 1.54) is 0 Å². The molecular formula is C12H22O4. The number of unbranched alkanes of at least 4 members (excludes halogenated alkanes) is 1. The Bertz CT molecular complexity index is 211. The summed E-state index contributed by atoms with van der Waals surface area (Å²) in [6, 6.07) is 0. The van der Waals surface area contributed by atoms with Gasteiger partial charge in [0.25, 0.3) is 0 Å². The van der Waals surface area contributed by atoms with Crippen molar-refractivity contribution in [1.82, 2.24) is 0 Å². The zero-order chi connectivity index (χ0) is 12.4. The van der Waals surface area contributed by atoms with E-state index >= 15 is 0 Å². The van der Waals surface area contributed by atoms with Crippen LogP contribution in [0.2, 0.25) is 0 Å². The molecule has 4 nitrogen and oxygen atoms in total. The molecule has 0 aliphatic carbocycles. The lowest BCUT2D eigenvalue weighted by atomic mass is 10.1. The molecule has 0 saturated heterocycles. The average Bonchev–Trinajstić information content (AvgIpc) is 2.17. The third kappa shape index (κ3) is 9.49. The lowest BCUT2D eigenvalue weighted by molar-refractivity contribution is -0.154. The van der Waals surface area contributed by atoms with Gasteiger partial charge in [0, 0.05) is 0 Å². The summed E-state index contributed by atoms with van der Waals surface area (Å²) in [6.07, 6.45) is 2.33. The van der Waals surface area contributed by atoms with Crippen LogP contribution < -0.4 is 0 Å². The Morgan fingerprint density at radius 2 is 1.62 bits per heavy atom. The molecule has 0 aromatic heterocycles. The summed E-state index contributed by atoms with van der Waals surface area (Å²) >= 11 is 0. The number of ether oxygens (including phenoxy) is 2. The third-order valence-electron chi connectivity index (χ3n) is 2.01. The van der Waals surface area contributed by atoms with Crippen LogP contribution in [0.1, 0.15) is 46.5 Å². The molecule has 0 aromatic carbocycles. The maximum atomic E-state index is 11.1. The van der Waals surface area contributed by atoms with Crippen LogP contribution in [0.4, 0.5) is 0 Å². The number of esters is 2. The van der Waals surface area contributed by atoms with Crippen LogP contribution in [0.3, 0.4) is 0 Å². The molecule has 16 heavy (non-hydrogen) atoms. The minimum absolute atomic E-state index is 0.276. The fraction of sp³-hybridized carbons (Fsp3) is 0.833. The highest BCUT2D eigenvalue weighted by Gasteiger charge is 2.11. The molecule has 0 unspecified atom stereocenters. The van der Waals surface area contributed by atoms with Crippen molar-refractivity contribution in [2.75, 3.05) is 13.2 Å². The summed E-state index contributed by atoms with van der Waals surface area (Å²) < 4.78 is 9.73. The van der Waals surface area contributed by atoms with Crippen molar-refractivity contribution in [3.63, 3.8) is 0 Å². The van der Waals surface area contributed by atoms with E-state index in [1.54, 1.807) is 0 Å². The number of carbonyl (C=O) groups is 2.